The highest BCUT2D eigenvalue weighted by molar-refractivity contribution is 5.83. The normalized spacial score (nSPS) is 11.6. The fourth-order valence-electron chi connectivity index (χ4n) is 2.27. The van der Waals surface area contributed by atoms with Crippen LogP contribution < -0.4 is 0 Å². The van der Waals surface area contributed by atoms with E-state index in [4.69, 9.17) is 0 Å². The lowest BCUT2D eigenvalue weighted by Gasteiger charge is -2.15. The molecule has 0 amide bonds. The molecule has 0 saturated carbocycles. The number of benzene rings is 1. The van der Waals surface area contributed by atoms with Crippen molar-refractivity contribution in [1.29, 1.82) is 0 Å². The van der Waals surface area contributed by atoms with Crippen molar-refractivity contribution in [1.82, 2.24) is 14.8 Å². The first kappa shape index (κ1) is 14.3. The first-order chi connectivity index (χ1) is 10.5. The number of rotatable bonds is 2. The van der Waals surface area contributed by atoms with Crippen LogP contribution in [0.3, 0.4) is 0 Å². The molecule has 2 aromatic heterocycles. The van der Waals surface area contributed by atoms with Crippen LogP contribution in [0.15, 0.2) is 48.8 Å². The van der Waals surface area contributed by atoms with Crippen LogP contribution in [-0.2, 0) is 13.2 Å². The first-order valence-corrected chi connectivity index (χ1v) is 6.50. The number of alkyl halides is 3. The largest absolute Gasteiger partial charge is 0.433 e. The summed E-state index contributed by atoms with van der Waals surface area (Å²) in [5.74, 6) is 0. The van der Waals surface area contributed by atoms with Gasteiger partial charge < -0.3 is 0 Å². The molecule has 0 saturated heterocycles. The number of halogens is 3. The molecule has 0 N–H and O–H groups in total. The smallest absolute Gasteiger partial charge is 0.275 e. The minimum Gasteiger partial charge on any atom is -0.275 e. The Morgan fingerprint density at radius 3 is 2.41 bits per heavy atom. The lowest BCUT2D eigenvalue weighted by atomic mass is 9.96. The zero-order valence-corrected chi connectivity index (χ0v) is 11.6. The molecule has 3 rings (SSSR count). The second-order valence-electron chi connectivity index (χ2n) is 4.74. The molecule has 0 bridgehead atoms. The molecule has 1 radical (unpaired) electrons. The highest BCUT2D eigenvalue weighted by Crippen LogP contribution is 2.40. The molecular formula is C16H11F3N3. The molecule has 3 nitrogen and oxygen atoms in total. The molecule has 1 aromatic carbocycles. The first-order valence-electron chi connectivity index (χ1n) is 6.50. The van der Waals surface area contributed by atoms with Gasteiger partial charge in [-0.1, -0.05) is 30.3 Å². The van der Waals surface area contributed by atoms with E-state index in [1.165, 1.54) is 4.68 Å². The highest BCUT2D eigenvalue weighted by Gasteiger charge is 2.37. The van der Waals surface area contributed by atoms with Gasteiger partial charge in [0.15, 0.2) is 5.69 Å². The number of nitrogens with zero attached hydrogens (tertiary/aromatic N) is 3. The predicted molar refractivity (Wildman–Crippen MR) is 75.7 cm³/mol. The van der Waals surface area contributed by atoms with Gasteiger partial charge in [0.1, 0.15) is 0 Å². The van der Waals surface area contributed by atoms with Gasteiger partial charge in [0.05, 0.1) is 5.69 Å². The second-order valence-corrected chi connectivity index (χ2v) is 4.74. The molecule has 3 aromatic rings. The van der Waals surface area contributed by atoms with E-state index in [1.807, 2.05) is 0 Å². The van der Waals surface area contributed by atoms with E-state index in [2.05, 4.69) is 16.1 Å². The van der Waals surface area contributed by atoms with Gasteiger partial charge in [-0.3, -0.25) is 9.67 Å². The average molecular weight is 302 g/mol. The molecule has 6 heteroatoms. The van der Waals surface area contributed by atoms with E-state index in [-0.39, 0.29) is 11.1 Å². The van der Waals surface area contributed by atoms with E-state index >= 15 is 0 Å². The van der Waals surface area contributed by atoms with Gasteiger partial charge in [-0.25, -0.2) is 0 Å². The zero-order chi connectivity index (χ0) is 15.7. The van der Waals surface area contributed by atoms with Crippen molar-refractivity contribution in [2.75, 3.05) is 0 Å². The van der Waals surface area contributed by atoms with Gasteiger partial charge in [0.2, 0.25) is 0 Å². The Balaban J connectivity index is 2.31. The Morgan fingerprint density at radius 1 is 1.09 bits per heavy atom. The predicted octanol–water partition coefficient (Wildman–Crippen LogP) is 3.97. The molecule has 0 unspecified atom stereocenters. The van der Waals surface area contributed by atoms with Crippen LogP contribution in [0.2, 0.25) is 0 Å². The molecule has 0 atom stereocenters. The van der Waals surface area contributed by atoms with Crippen molar-refractivity contribution in [2.45, 2.75) is 6.18 Å². The van der Waals surface area contributed by atoms with Crippen LogP contribution in [0.1, 0.15) is 5.69 Å². The van der Waals surface area contributed by atoms with E-state index in [0.29, 0.717) is 11.3 Å². The number of aryl methyl sites for hydroxylation is 1. The molecule has 0 aliphatic rings. The summed E-state index contributed by atoms with van der Waals surface area (Å²) in [6.45, 7) is 0. The van der Waals surface area contributed by atoms with Crippen molar-refractivity contribution in [2.24, 2.45) is 7.05 Å². The summed E-state index contributed by atoms with van der Waals surface area (Å²) >= 11 is 0. The van der Waals surface area contributed by atoms with Crippen LogP contribution in [0.5, 0.6) is 0 Å². The summed E-state index contributed by atoms with van der Waals surface area (Å²) in [5.41, 5.74) is 0.204. The van der Waals surface area contributed by atoms with Gasteiger partial charge in [0, 0.05) is 36.6 Å². The van der Waals surface area contributed by atoms with Gasteiger partial charge in [0.25, 0.3) is 0 Å². The highest BCUT2D eigenvalue weighted by atomic mass is 19.4. The van der Waals surface area contributed by atoms with E-state index in [9.17, 15) is 13.2 Å². The molecule has 111 valence electrons. The molecule has 0 fully saturated rings. The Morgan fingerprint density at radius 2 is 1.82 bits per heavy atom. The second kappa shape index (κ2) is 5.29. The van der Waals surface area contributed by atoms with Crippen LogP contribution >= 0.6 is 0 Å². The van der Waals surface area contributed by atoms with Crippen LogP contribution in [0.25, 0.3) is 22.4 Å². The zero-order valence-electron chi connectivity index (χ0n) is 11.6. The van der Waals surface area contributed by atoms with Crippen LogP contribution in [-0.4, -0.2) is 14.8 Å². The number of pyridine rings is 1. The SMILES string of the molecule is Cn1ccc(-c2[c]cnc(C(F)(F)F)c2-c2ccccc2)n1. The monoisotopic (exact) mass is 302 g/mol. The molecule has 2 heterocycles. The number of aromatic nitrogens is 3. The lowest BCUT2D eigenvalue weighted by Crippen LogP contribution is -2.11. The van der Waals surface area contributed by atoms with Crippen molar-refractivity contribution in [3.63, 3.8) is 0 Å². The third-order valence-corrected chi connectivity index (χ3v) is 3.19. The maximum Gasteiger partial charge on any atom is 0.433 e. The maximum atomic E-state index is 13.3. The van der Waals surface area contributed by atoms with E-state index < -0.39 is 11.9 Å². The van der Waals surface area contributed by atoms with Crippen molar-refractivity contribution in [3.05, 3.63) is 60.6 Å². The van der Waals surface area contributed by atoms with Gasteiger partial charge in [-0.05, 0) is 11.6 Å². The van der Waals surface area contributed by atoms with Gasteiger partial charge in [-0.15, -0.1) is 0 Å². The van der Waals surface area contributed by atoms with Gasteiger partial charge in [-0.2, -0.15) is 18.3 Å². The summed E-state index contributed by atoms with van der Waals surface area (Å²) in [4.78, 5) is 3.50. The molecule has 0 aliphatic heterocycles. The summed E-state index contributed by atoms with van der Waals surface area (Å²) < 4.78 is 41.5. The number of hydrogen-bond donors (Lipinski definition) is 0. The van der Waals surface area contributed by atoms with E-state index in [0.717, 1.165) is 6.20 Å². The minimum atomic E-state index is -4.55. The van der Waals surface area contributed by atoms with Crippen molar-refractivity contribution in [3.8, 4) is 22.4 Å². The van der Waals surface area contributed by atoms with Crippen LogP contribution in [0.4, 0.5) is 13.2 Å². The average Bonchev–Trinajstić information content (AvgIpc) is 2.93. The summed E-state index contributed by atoms with van der Waals surface area (Å²) in [6.07, 6.45) is -1.84. The Kier molecular flexibility index (Phi) is 3.44. The Bertz CT molecular complexity index is 792. The maximum absolute atomic E-state index is 13.3. The Labute approximate surface area is 125 Å². The quantitative estimate of drug-likeness (QED) is 0.717. The summed E-state index contributed by atoms with van der Waals surface area (Å²) in [7, 11) is 1.71. The topological polar surface area (TPSA) is 30.7 Å². The minimum absolute atomic E-state index is 0.00528. The third kappa shape index (κ3) is 2.59. The molecule has 0 spiro atoms. The molecular weight excluding hydrogens is 291 g/mol. The molecule has 22 heavy (non-hydrogen) atoms. The summed E-state index contributed by atoms with van der Waals surface area (Å²) in [5, 5.41) is 4.18. The number of hydrogen-bond acceptors (Lipinski definition) is 2. The van der Waals surface area contributed by atoms with Crippen LogP contribution in [0, 0.1) is 6.07 Å². The molecule has 0 aliphatic carbocycles. The Hall–Kier alpha value is -2.63. The lowest BCUT2D eigenvalue weighted by molar-refractivity contribution is -0.140. The van der Waals surface area contributed by atoms with Crippen molar-refractivity contribution >= 4 is 0 Å². The standard InChI is InChI=1S/C16H11F3N3/c1-22-10-8-13(21-22)12-7-9-20-15(16(17,18)19)14(12)11-5-3-2-4-6-11/h2-6,8-10H,1H3. The van der Waals surface area contributed by atoms with E-state index in [1.54, 1.807) is 49.6 Å². The van der Waals surface area contributed by atoms with Crippen molar-refractivity contribution < 1.29 is 13.2 Å². The fourth-order valence-corrected chi connectivity index (χ4v) is 2.27. The summed E-state index contributed by atoms with van der Waals surface area (Å²) in [6, 6.07) is 12.8. The fraction of sp³-hybridized carbons (Fsp3) is 0.125. The van der Waals surface area contributed by atoms with Gasteiger partial charge >= 0.3 is 6.18 Å². The third-order valence-electron chi connectivity index (χ3n) is 3.19.